The number of benzene rings is 1. The largest absolute Gasteiger partial charge is 0.430 e. The van der Waals surface area contributed by atoms with Gasteiger partial charge in [-0.3, -0.25) is 4.98 Å². The summed E-state index contributed by atoms with van der Waals surface area (Å²) < 4.78 is 10.5. The molecule has 0 N–H and O–H groups in total. The third kappa shape index (κ3) is 5.66. The van der Waals surface area contributed by atoms with Crippen LogP contribution in [-0.2, 0) is 11.8 Å². The number of nitrogens with zero attached hydrogens (tertiary/aromatic N) is 5. The molecule has 7 heteroatoms. The molecule has 0 aliphatic carbocycles. The molecule has 0 atom stereocenters. The predicted molar refractivity (Wildman–Crippen MR) is 127 cm³/mol. The number of ether oxygens (including phenoxy) is 1. The molecule has 0 bridgehead atoms. The number of rotatable bonds is 9. The second-order valence-corrected chi connectivity index (χ2v) is 9.41. The fraction of sp³-hybridized carbons (Fsp3) is 0.500. The zero-order chi connectivity index (χ0) is 22.6. The predicted octanol–water partition coefficient (Wildman–Crippen LogP) is 5.59. The summed E-state index contributed by atoms with van der Waals surface area (Å²) in [6.07, 6.45) is 5.60. The molecule has 0 amide bonds. The lowest BCUT2D eigenvalue weighted by Gasteiger charge is -2.21. The molecule has 0 aliphatic rings. The van der Waals surface area contributed by atoms with Gasteiger partial charge in [-0.2, -0.15) is 9.36 Å². The summed E-state index contributed by atoms with van der Waals surface area (Å²) in [6.45, 7) is 15.0. The first kappa shape index (κ1) is 23.3. The van der Waals surface area contributed by atoms with Crippen molar-refractivity contribution in [2.24, 2.45) is 0 Å². The third-order valence-corrected chi connectivity index (χ3v) is 6.59. The highest BCUT2D eigenvalue weighted by Gasteiger charge is 2.21. The van der Waals surface area contributed by atoms with E-state index < -0.39 is 0 Å². The van der Waals surface area contributed by atoms with Crippen LogP contribution in [0.2, 0.25) is 0 Å². The van der Waals surface area contributed by atoms with Crippen molar-refractivity contribution in [1.82, 2.24) is 24.2 Å². The van der Waals surface area contributed by atoms with E-state index in [2.05, 4.69) is 84.9 Å². The molecule has 0 spiro atoms. The molecule has 3 rings (SSSR count). The maximum absolute atomic E-state index is 6.08. The minimum absolute atomic E-state index is 0.00279. The van der Waals surface area contributed by atoms with Gasteiger partial charge in [-0.25, -0.2) is 4.98 Å². The summed E-state index contributed by atoms with van der Waals surface area (Å²) in [7, 11) is 2.15. The molecule has 0 saturated heterocycles. The first-order chi connectivity index (χ1) is 14.7. The Hall–Kier alpha value is -2.38. The van der Waals surface area contributed by atoms with Crippen molar-refractivity contribution in [3.63, 3.8) is 0 Å². The Balaban J connectivity index is 1.73. The Morgan fingerprint density at radius 2 is 1.84 bits per heavy atom. The summed E-state index contributed by atoms with van der Waals surface area (Å²) in [4.78, 5) is 16.0. The van der Waals surface area contributed by atoms with Gasteiger partial charge < -0.3 is 9.64 Å². The molecule has 3 aromatic rings. The summed E-state index contributed by atoms with van der Waals surface area (Å²) in [6, 6.07) is 4.31. The Bertz CT molecular complexity index is 1010. The molecule has 1 aromatic carbocycles. The van der Waals surface area contributed by atoms with Crippen LogP contribution in [0.3, 0.4) is 0 Å². The lowest BCUT2D eigenvalue weighted by molar-refractivity contribution is 0.357. The van der Waals surface area contributed by atoms with Crippen molar-refractivity contribution in [3.8, 4) is 22.5 Å². The molecular weight excluding hydrogens is 406 g/mol. The molecule has 0 radical (unpaired) electrons. The molecule has 0 fully saturated rings. The Morgan fingerprint density at radius 3 is 2.48 bits per heavy atom. The monoisotopic (exact) mass is 439 g/mol. The molecule has 166 valence electrons. The maximum Gasteiger partial charge on any atom is 0.299 e. The number of aryl methyl sites for hydroxylation is 2. The van der Waals surface area contributed by atoms with Gasteiger partial charge in [-0.05, 0) is 63.0 Å². The van der Waals surface area contributed by atoms with Gasteiger partial charge in [0.05, 0.1) is 11.9 Å². The van der Waals surface area contributed by atoms with E-state index in [0.717, 1.165) is 42.9 Å². The van der Waals surface area contributed by atoms with E-state index in [0.29, 0.717) is 16.7 Å². The molecule has 0 saturated carbocycles. The molecule has 2 heterocycles. The fourth-order valence-electron chi connectivity index (χ4n) is 3.12. The molecular formula is C24H33N5OS. The SMILES string of the molecule is CCN(C)CCc1cc(C)c(Oc2nc(-c3cnc(C(C)(C)CC)cn3)ns2)cc1C. The maximum atomic E-state index is 6.08. The molecule has 6 nitrogen and oxygen atoms in total. The van der Waals surface area contributed by atoms with Crippen molar-refractivity contribution < 1.29 is 4.74 Å². The van der Waals surface area contributed by atoms with E-state index in [1.165, 1.54) is 22.7 Å². The standard InChI is InChI=1S/C24H33N5OS/c1-8-24(5,6)21-15-25-19(14-26-21)22-27-23(31-28-22)30-20-13-16(3)18(12-17(20)4)10-11-29(7)9-2/h12-15H,8-11H2,1-7H3. The lowest BCUT2D eigenvalue weighted by atomic mass is 9.87. The van der Waals surface area contributed by atoms with Crippen molar-refractivity contribution in [1.29, 1.82) is 0 Å². The second-order valence-electron chi connectivity index (χ2n) is 8.70. The topological polar surface area (TPSA) is 64.0 Å². The summed E-state index contributed by atoms with van der Waals surface area (Å²) in [5, 5.41) is 0.510. The Labute approximate surface area is 189 Å². The van der Waals surface area contributed by atoms with Gasteiger partial charge in [0.25, 0.3) is 5.19 Å². The van der Waals surface area contributed by atoms with Crippen molar-refractivity contribution in [3.05, 3.63) is 46.9 Å². The normalized spacial score (nSPS) is 11.9. The van der Waals surface area contributed by atoms with Gasteiger partial charge in [-0.1, -0.05) is 33.8 Å². The highest BCUT2D eigenvalue weighted by atomic mass is 32.1. The Morgan fingerprint density at radius 1 is 1.06 bits per heavy atom. The van der Waals surface area contributed by atoms with Crippen molar-refractivity contribution >= 4 is 11.5 Å². The van der Waals surface area contributed by atoms with E-state index in [9.17, 15) is 0 Å². The first-order valence-corrected chi connectivity index (χ1v) is 11.6. The zero-order valence-electron chi connectivity index (χ0n) is 19.7. The van der Waals surface area contributed by atoms with Crippen LogP contribution >= 0.6 is 11.5 Å². The van der Waals surface area contributed by atoms with E-state index in [4.69, 9.17) is 4.74 Å². The molecule has 31 heavy (non-hydrogen) atoms. The van der Waals surface area contributed by atoms with Crippen LogP contribution in [0.15, 0.2) is 24.5 Å². The zero-order valence-corrected chi connectivity index (χ0v) is 20.5. The van der Waals surface area contributed by atoms with Crippen molar-refractivity contribution in [2.45, 2.75) is 59.8 Å². The quantitative estimate of drug-likeness (QED) is 0.433. The molecule has 0 unspecified atom stereocenters. The summed E-state index contributed by atoms with van der Waals surface area (Å²) >= 11 is 1.23. The summed E-state index contributed by atoms with van der Waals surface area (Å²) in [5.74, 6) is 1.36. The second kappa shape index (κ2) is 9.83. The third-order valence-electron chi connectivity index (χ3n) is 6.00. The Kier molecular flexibility index (Phi) is 7.38. The van der Waals surface area contributed by atoms with Crippen LogP contribution in [0, 0.1) is 13.8 Å². The van der Waals surface area contributed by atoms with Gasteiger partial charge >= 0.3 is 0 Å². The van der Waals surface area contributed by atoms with Crippen molar-refractivity contribution in [2.75, 3.05) is 20.1 Å². The minimum Gasteiger partial charge on any atom is -0.430 e. The van der Waals surface area contributed by atoms with Gasteiger partial charge in [0.15, 0.2) is 5.82 Å². The van der Waals surface area contributed by atoms with Gasteiger partial charge in [-0.15, -0.1) is 0 Å². The smallest absolute Gasteiger partial charge is 0.299 e. The van der Waals surface area contributed by atoms with E-state index in [1.807, 2.05) is 6.20 Å². The molecule has 2 aromatic heterocycles. The van der Waals surface area contributed by atoms with E-state index in [1.54, 1.807) is 6.20 Å². The lowest BCUT2D eigenvalue weighted by Crippen LogP contribution is -2.20. The van der Waals surface area contributed by atoms with Crippen LogP contribution < -0.4 is 4.74 Å². The van der Waals surface area contributed by atoms with E-state index >= 15 is 0 Å². The van der Waals surface area contributed by atoms with Gasteiger partial charge in [0.2, 0.25) is 0 Å². The first-order valence-electron chi connectivity index (χ1n) is 10.9. The summed E-state index contributed by atoms with van der Waals surface area (Å²) in [5.41, 5.74) is 5.32. The number of likely N-dealkylation sites (N-methyl/N-ethyl adjacent to an activating group) is 1. The van der Waals surface area contributed by atoms with Crippen LogP contribution in [0.1, 0.15) is 56.5 Å². The van der Waals surface area contributed by atoms with E-state index in [-0.39, 0.29) is 5.41 Å². The average Bonchev–Trinajstić information content (AvgIpc) is 3.23. The highest BCUT2D eigenvalue weighted by molar-refractivity contribution is 7.07. The number of aromatic nitrogens is 4. The number of hydrogen-bond donors (Lipinski definition) is 0. The minimum atomic E-state index is 0.00279. The van der Waals surface area contributed by atoms with Crippen LogP contribution in [0.25, 0.3) is 11.5 Å². The average molecular weight is 440 g/mol. The van der Waals surface area contributed by atoms with Crippen LogP contribution in [-0.4, -0.2) is 44.4 Å². The van der Waals surface area contributed by atoms with Gasteiger partial charge in [0.1, 0.15) is 11.4 Å². The molecule has 0 aliphatic heterocycles. The number of hydrogen-bond acceptors (Lipinski definition) is 7. The van der Waals surface area contributed by atoms with Crippen LogP contribution in [0.4, 0.5) is 0 Å². The highest BCUT2D eigenvalue weighted by Crippen LogP contribution is 2.31. The van der Waals surface area contributed by atoms with Gasteiger partial charge in [0, 0.05) is 29.7 Å². The fourth-order valence-corrected chi connectivity index (χ4v) is 3.67. The van der Waals surface area contributed by atoms with Crippen LogP contribution in [0.5, 0.6) is 10.9 Å².